The van der Waals surface area contributed by atoms with Crippen LogP contribution in [0.2, 0.25) is 5.02 Å². The first-order valence-electron chi connectivity index (χ1n) is 6.58. The van der Waals surface area contributed by atoms with Crippen LogP contribution in [0.25, 0.3) is 0 Å². The van der Waals surface area contributed by atoms with E-state index in [0.29, 0.717) is 27.7 Å². The van der Waals surface area contributed by atoms with Crippen LogP contribution in [0.15, 0.2) is 36.4 Å². The standard InChI is InChI=1S/C16H17ClN2O2/c1-3-10-4-6-12(9-14(10)18)19-16(20)13-8-11(17)5-7-15(13)21-2/h4-9H,3,18H2,1-2H3,(H,19,20). The Bertz CT molecular complexity index is 671. The lowest BCUT2D eigenvalue weighted by atomic mass is 10.1. The zero-order valence-corrected chi connectivity index (χ0v) is 12.7. The summed E-state index contributed by atoms with van der Waals surface area (Å²) in [4.78, 5) is 12.3. The van der Waals surface area contributed by atoms with Gasteiger partial charge in [0.1, 0.15) is 5.75 Å². The molecule has 0 radical (unpaired) electrons. The van der Waals surface area contributed by atoms with Crippen molar-refractivity contribution < 1.29 is 9.53 Å². The zero-order chi connectivity index (χ0) is 15.4. The molecule has 3 N–H and O–H groups in total. The summed E-state index contributed by atoms with van der Waals surface area (Å²) in [5.74, 6) is 0.174. The average molecular weight is 305 g/mol. The first-order valence-corrected chi connectivity index (χ1v) is 6.96. The van der Waals surface area contributed by atoms with Gasteiger partial charge in [-0.1, -0.05) is 24.6 Å². The van der Waals surface area contributed by atoms with Crippen molar-refractivity contribution in [1.82, 2.24) is 0 Å². The van der Waals surface area contributed by atoms with Crippen LogP contribution in [-0.4, -0.2) is 13.0 Å². The van der Waals surface area contributed by atoms with Crippen molar-refractivity contribution in [2.45, 2.75) is 13.3 Å². The fourth-order valence-corrected chi connectivity index (χ4v) is 2.22. The molecule has 2 aromatic rings. The lowest BCUT2D eigenvalue weighted by Crippen LogP contribution is -2.13. The van der Waals surface area contributed by atoms with Gasteiger partial charge in [0.2, 0.25) is 0 Å². The van der Waals surface area contributed by atoms with E-state index >= 15 is 0 Å². The number of carbonyl (C=O) groups is 1. The van der Waals surface area contributed by atoms with Crippen molar-refractivity contribution in [2.75, 3.05) is 18.2 Å². The Morgan fingerprint density at radius 1 is 1.29 bits per heavy atom. The van der Waals surface area contributed by atoms with E-state index in [9.17, 15) is 4.79 Å². The van der Waals surface area contributed by atoms with Crippen LogP contribution < -0.4 is 15.8 Å². The molecule has 5 heteroatoms. The van der Waals surface area contributed by atoms with Crippen LogP contribution in [0.3, 0.4) is 0 Å². The lowest BCUT2D eigenvalue weighted by Gasteiger charge is -2.11. The van der Waals surface area contributed by atoms with Crippen molar-refractivity contribution in [3.63, 3.8) is 0 Å². The summed E-state index contributed by atoms with van der Waals surface area (Å²) in [6.45, 7) is 2.03. The van der Waals surface area contributed by atoms with Crippen LogP contribution in [-0.2, 0) is 6.42 Å². The number of methoxy groups -OCH3 is 1. The molecule has 110 valence electrons. The summed E-state index contributed by atoms with van der Waals surface area (Å²) < 4.78 is 5.18. The second-order valence-electron chi connectivity index (χ2n) is 4.57. The van der Waals surface area contributed by atoms with Gasteiger partial charge in [0.05, 0.1) is 12.7 Å². The second kappa shape index (κ2) is 6.50. The molecule has 0 saturated heterocycles. The summed E-state index contributed by atoms with van der Waals surface area (Å²) in [5.41, 5.74) is 8.65. The number of nitrogens with one attached hydrogen (secondary N) is 1. The first kappa shape index (κ1) is 15.2. The number of rotatable bonds is 4. The van der Waals surface area contributed by atoms with Gasteiger partial charge in [0, 0.05) is 16.4 Å². The third-order valence-electron chi connectivity index (χ3n) is 3.19. The molecule has 4 nitrogen and oxygen atoms in total. The van der Waals surface area contributed by atoms with E-state index in [1.54, 1.807) is 24.3 Å². The molecular formula is C16H17ClN2O2. The fraction of sp³-hybridized carbons (Fsp3) is 0.188. The van der Waals surface area contributed by atoms with Gasteiger partial charge in [-0.25, -0.2) is 0 Å². The minimum atomic E-state index is -0.294. The Morgan fingerprint density at radius 2 is 2.05 bits per heavy atom. The molecule has 0 fully saturated rings. The molecule has 0 unspecified atom stereocenters. The number of hydrogen-bond donors (Lipinski definition) is 2. The predicted octanol–water partition coefficient (Wildman–Crippen LogP) is 3.75. The zero-order valence-electron chi connectivity index (χ0n) is 11.9. The van der Waals surface area contributed by atoms with E-state index in [4.69, 9.17) is 22.1 Å². The molecular weight excluding hydrogens is 288 g/mol. The molecule has 2 aromatic carbocycles. The van der Waals surface area contributed by atoms with Crippen molar-refractivity contribution in [3.8, 4) is 5.75 Å². The van der Waals surface area contributed by atoms with E-state index in [2.05, 4.69) is 5.32 Å². The normalized spacial score (nSPS) is 10.2. The molecule has 2 rings (SSSR count). The molecule has 0 bridgehead atoms. The number of aryl methyl sites for hydroxylation is 1. The van der Waals surface area contributed by atoms with Gasteiger partial charge in [-0.3, -0.25) is 4.79 Å². The number of carbonyl (C=O) groups excluding carboxylic acids is 1. The van der Waals surface area contributed by atoms with Gasteiger partial charge in [-0.05, 0) is 42.3 Å². The third-order valence-corrected chi connectivity index (χ3v) is 3.43. The highest BCUT2D eigenvalue weighted by Gasteiger charge is 2.13. The van der Waals surface area contributed by atoms with Crippen LogP contribution >= 0.6 is 11.6 Å². The highest BCUT2D eigenvalue weighted by atomic mass is 35.5. The predicted molar refractivity (Wildman–Crippen MR) is 86.2 cm³/mol. The maximum atomic E-state index is 12.3. The van der Waals surface area contributed by atoms with E-state index in [0.717, 1.165) is 12.0 Å². The van der Waals surface area contributed by atoms with Gasteiger partial charge in [-0.2, -0.15) is 0 Å². The molecule has 0 aliphatic rings. The minimum absolute atomic E-state index is 0.294. The van der Waals surface area contributed by atoms with E-state index in [1.807, 2.05) is 19.1 Å². The summed E-state index contributed by atoms with van der Waals surface area (Å²) in [6.07, 6.45) is 0.849. The maximum absolute atomic E-state index is 12.3. The Hall–Kier alpha value is -2.20. The summed E-state index contributed by atoms with van der Waals surface area (Å²) in [6, 6.07) is 10.4. The summed E-state index contributed by atoms with van der Waals surface area (Å²) in [5, 5.41) is 3.27. The average Bonchev–Trinajstić information content (AvgIpc) is 2.47. The number of nitrogens with two attached hydrogens (primary N) is 1. The number of amides is 1. The quantitative estimate of drug-likeness (QED) is 0.846. The van der Waals surface area contributed by atoms with Gasteiger partial charge in [0.25, 0.3) is 5.91 Å². The topological polar surface area (TPSA) is 64.3 Å². The smallest absolute Gasteiger partial charge is 0.259 e. The van der Waals surface area contributed by atoms with E-state index < -0.39 is 0 Å². The number of ether oxygens (including phenoxy) is 1. The number of anilines is 2. The Morgan fingerprint density at radius 3 is 2.67 bits per heavy atom. The van der Waals surface area contributed by atoms with Crippen LogP contribution in [0.5, 0.6) is 5.75 Å². The first-order chi connectivity index (χ1) is 10.0. The van der Waals surface area contributed by atoms with Crippen LogP contribution in [0, 0.1) is 0 Å². The number of nitrogen functional groups attached to an aromatic ring is 1. The highest BCUT2D eigenvalue weighted by molar-refractivity contribution is 6.31. The molecule has 0 aliphatic heterocycles. The molecule has 21 heavy (non-hydrogen) atoms. The number of benzene rings is 2. The van der Waals surface area contributed by atoms with Gasteiger partial charge < -0.3 is 15.8 Å². The van der Waals surface area contributed by atoms with Crippen molar-refractivity contribution in [3.05, 3.63) is 52.5 Å². The van der Waals surface area contributed by atoms with E-state index in [1.165, 1.54) is 7.11 Å². The molecule has 0 spiro atoms. The van der Waals surface area contributed by atoms with Crippen LogP contribution in [0.1, 0.15) is 22.8 Å². The largest absolute Gasteiger partial charge is 0.496 e. The molecule has 0 atom stereocenters. The number of halogens is 1. The number of hydrogen-bond acceptors (Lipinski definition) is 3. The SMILES string of the molecule is CCc1ccc(NC(=O)c2cc(Cl)ccc2OC)cc1N. The Balaban J connectivity index is 2.26. The second-order valence-corrected chi connectivity index (χ2v) is 5.00. The van der Waals surface area contributed by atoms with Crippen molar-refractivity contribution in [1.29, 1.82) is 0 Å². The lowest BCUT2D eigenvalue weighted by molar-refractivity contribution is 0.102. The maximum Gasteiger partial charge on any atom is 0.259 e. The monoisotopic (exact) mass is 304 g/mol. The summed E-state index contributed by atoms with van der Waals surface area (Å²) >= 11 is 5.93. The summed E-state index contributed by atoms with van der Waals surface area (Å²) in [7, 11) is 1.51. The van der Waals surface area contributed by atoms with Gasteiger partial charge >= 0.3 is 0 Å². The molecule has 0 saturated carbocycles. The minimum Gasteiger partial charge on any atom is -0.496 e. The van der Waals surface area contributed by atoms with Crippen molar-refractivity contribution in [2.24, 2.45) is 0 Å². The fourth-order valence-electron chi connectivity index (χ4n) is 2.05. The third kappa shape index (κ3) is 3.47. The molecule has 0 aliphatic carbocycles. The molecule has 0 heterocycles. The Labute approximate surface area is 128 Å². The van der Waals surface area contributed by atoms with E-state index in [-0.39, 0.29) is 5.91 Å². The Kier molecular flexibility index (Phi) is 4.70. The molecule has 1 amide bonds. The molecule has 0 aromatic heterocycles. The van der Waals surface area contributed by atoms with Gasteiger partial charge in [0.15, 0.2) is 0 Å². The van der Waals surface area contributed by atoms with Crippen molar-refractivity contribution >= 4 is 28.9 Å². The highest BCUT2D eigenvalue weighted by Crippen LogP contribution is 2.25. The van der Waals surface area contributed by atoms with Gasteiger partial charge in [-0.15, -0.1) is 0 Å². The van der Waals surface area contributed by atoms with Crippen LogP contribution in [0.4, 0.5) is 11.4 Å².